The number of carbonyl (C=O) groups excluding carboxylic acids is 2. The van der Waals surface area contributed by atoms with Crippen molar-refractivity contribution in [2.24, 2.45) is 11.0 Å². The highest BCUT2D eigenvalue weighted by molar-refractivity contribution is 5.91. The predicted octanol–water partition coefficient (Wildman–Crippen LogP) is 2.48. The van der Waals surface area contributed by atoms with E-state index in [-0.39, 0.29) is 18.0 Å². The van der Waals surface area contributed by atoms with Gasteiger partial charge in [0.1, 0.15) is 11.7 Å². The molecule has 162 valence electrons. The number of anilines is 1. The summed E-state index contributed by atoms with van der Waals surface area (Å²) < 4.78 is 4.75. The molecular formula is C18H23N5O7. The number of nitro benzene ring substituents is 2. The largest absolute Gasteiger partial charge is 0.467 e. The zero-order valence-electron chi connectivity index (χ0n) is 16.9. The second kappa shape index (κ2) is 9.76. The molecule has 1 aromatic rings. The number of non-ortho nitro benzene ring substituents is 1. The molecule has 0 saturated carbocycles. The normalized spacial score (nSPS) is 17.4. The molecule has 0 aromatic heterocycles. The molecule has 1 heterocycles. The summed E-state index contributed by atoms with van der Waals surface area (Å²) in [6, 6.07) is 2.60. The van der Waals surface area contributed by atoms with Crippen molar-refractivity contribution < 1.29 is 24.2 Å². The number of nitro groups is 2. The van der Waals surface area contributed by atoms with Crippen molar-refractivity contribution in [1.82, 2.24) is 4.90 Å². The van der Waals surface area contributed by atoms with Crippen molar-refractivity contribution in [3.8, 4) is 0 Å². The molecule has 1 aromatic carbocycles. The van der Waals surface area contributed by atoms with Gasteiger partial charge in [-0.3, -0.25) is 30.4 Å². The average Bonchev–Trinajstić information content (AvgIpc) is 3.20. The van der Waals surface area contributed by atoms with Crippen LogP contribution in [0.2, 0.25) is 0 Å². The summed E-state index contributed by atoms with van der Waals surface area (Å²) in [5.41, 5.74) is 2.14. The Bertz CT molecular complexity index is 886. The molecule has 1 saturated heterocycles. The predicted molar refractivity (Wildman–Crippen MR) is 107 cm³/mol. The smallest absolute Gasteiger partial charge is 0.328 e. The molecule has 0 radical (unpaired) electrons. The summed E-state index contributed by atoms with van der Waals surface area (Å²) in [6.45, 7) is 3.84. The minimum Gasteiger partial charge on any atom is -0.467 e. The van der Waals surface area contributed by atoms with Crippen molar-refractivity contribution in [2.75, 3.05) is 19.1 Å². The van der Waals surface area contributed by atoms with Crippen LogP contribution in [-0.2, 0) is 14.3 Å². The van der Waals surface area contributed by atoms with E-state index in [2.05, 4.69) is 10.5 Å². The molecule has 0 unspecified atom stereocenters. The van der Waals surface area contributed by atoms with Gasteiger partial charge in [0.15, 0.2) is 0 Å². The number of methoxy groups -OCH3 is 1. The van der Waals surface area contributed by atoms with Crippen LogP contribution in [0.3, 0.4) is 0 Å². The number of benzene rings is 1. The van der Waals surface area contributed by atoms with Crippen LogP contribution >= 0.6 is 0 Å². The maximum Gasteiger partial charge on any atom is 0.328 e. The van der Waals surface area contributed by atoms with Gasteiger partial charge >= 0.3 is 11.7 Å². The van der Waals surface area contributed by atoms with Gasteiger partial charge in [0.05, 0.1) is 23.0 Å². The molecule has 0 bridgehead atoms. The van der Waals surface area contributed by atoms with Crippen LogP contribution in [0.4, 0.5) is 17.1 Å². The van der Waals surface area contributed by atoms with Crippen molar-refractivity contribution in [3.63, 3.8) is 0 Å². The Morgan fingerprint density at radius 2 is 2.03 bits per heavy atom. The van der Waals surface area contributed by atoms with Gasteiger partial charge in [-0.15, -0.1) is 0 Å². The SMILES string of the molecule is COC(=O)[C@@H]1CCCN1C(=O)[C@H](C)C/C(C)=N/Nc1ccc([N+](=O)[O-])cc1[N+](=O)[O-]. The Morgan fingerprint density at radius 3 is 2.63 bits per heavy atom. The summed E-state index contributed by atoms with van der Waals surface area (Å²) in [6.07, 6.45) is 1.54. The summed E-state index contributed by atoms with van der Waals surface area (Å²) in [7, 11) is 1.28. The first-order valence-electron chi connectivity index (χ1n) is 9.26. The molecule has 12 heteroatoms. The number of ether oxygens (including phenoxy) is 1. The van der Waals surface area contributed by atoms with Crippen LogP contribution in [0.25, 0.3) is 0 Å². The van der Waals surface area contributed by atoms with Crippen LogP contribution in [0.5, 0.6) is 0 Å². The highest BCUT2D eigenvalue weighted by Crippen LogP contribution is 2.29. The molecule has 0 aliphatic carbocycles. The number of esters is 1. The highest BCUT2D eigenvalue weighted by Gasteiger charge is 2.36. The first-order chi connectivity index (χ1) is 14.1. The number of rotatable bonds is 8. The van der Waals surface area contributed by atoms with E-state index in [1.165, 1.54) is 18.1 Å². The molecule has 2 rings (SSSR count). The lowest BCUT2D eigenvalue weighted by molar-refractivity contribution is -0.393. The molecule has 1 aliphatic rings. The van der Waals surface area contributed by atoms with Gasteiger partial charge in [0, 0.05) is 24.2 Å². The zero-order chi connectivity index (χ0) is 22.4. The molecule has 1 amide bonds. The lowest BCUT2D eigenvalue weighted by Crippen LogP contribution is -2.43. The molecule has 2 atom stereocenters. The summed E-state index contributed by atoms with van der Waals surface area (Å²) in [4.78, 5) is 46.6. The minimum atomic E-state index is -0.743. The monoisotopic (exact) mass is 421 g/mol. The average molecular weight is 421 g/mol. The summed E-state index contributed by atoms with van der Waals surface area (Å²) in [5, 5.41) is 26.0. The van der Waals surface area contributed by atoms with Gasteiger partial charge in [0.2, 0.25) is 5.91 Å². The fourth-order valence-corrected chi connectivity index (χ4v) is 3.31. The Labute approximate surface area is 172 Å². The van der Waals surface area contributed by atoms with Gasteiger partial charge in [-0.1, -0.05) is 6.92 Å². The number of hydrogen-bond donors (Lipinski definition) is 1. The molecule has 1 N–H and O–H groups in total. The first-order valence-corrected chi connectivity index (χ1v) is 9.26. The zero-order valence-corrected chi connectivity index (χ0v) is 16.9. The summed E-state index contributed by atoms with van der Waals surface area (Å²) in [5.74, 6) is -1.10. The lowest BCUT2D eigenvalue weighted by atomic mass is 10.0. The van der Waals surface area contributed by atoms with Crippen LogP contribution in [-0.4, -0.2) is 52.0 Å². The number of hydrazone groups is 1. The Morgan fingerprint density at radius 1 is 1.33 bits per heavy atom. The van der Waals surface area contributed by atoms with E-state index in [1.54, 1.807) is 13.8 Å². The summed E-state index contributed by atoms with van der Waals surface area (Å²) >= 11 is 0. The quantitative estimate of drug-likeness (QED) is 0.290. The van der Waals surface area contributed by atoms with Crippen molar-refractivity contribution in [1.29, 1.82) is 0 Å². The van der Waals surface area contributed by atoms with E-state index in [1.807, 2.05) is 0 Å². The van der Waals surface area contributed by atoms with Gasteiger partial charge in [0.25, 0.3) is 5.69 Å². The topological polar surface area (TPSA) is 157 Å². The Hall–Kier alpha value is -3.57. The third-order valence-corrected chi connectivity index (χ3v) is 4.79. The molecule has 12 nitrogen and oxygen atoms in total. The van der Waals surface area contributed by atoms with Gasteiger partial charge in [-0.2, -0.15) is 5.10 Å². The van der Waals surface area contributed by atoms with E-state index < -0.39 is 39.2 Å². The standard InChI is InChI=1S/C18H23N5O7/c1-11(17(24)21-8-4-5-15(21)18(25)30-3)9-12(2)19-20-14-7-6-13(22(26)27)10-16(14)23(28)29/h6-7,10-11,15,20H,4-5,8-9H2,1-3H3/b19-12+/t11-,15+/m1/s1. The highest BCUT2D eigenvalue weighted by atomic mass is 16.6. The first kappa shape index (κ1) is 22.7. The maximum atomic E-state index is 12.7. The lowest BCUT2D eigenvalue weighted by Gasteiger charge is -2.25. The second-order valence-electron chi connectivity index (χ2n) is 6.99. The fourth-order valence-electron chi connectivity index (χ4n) is 3.31. The second-order valence-corrected chi connectivity index (χ2v) is 6.99. The van der Waals surface area contributed by atoms with Crippen LogP contribution in [0.15, 0.2) is 23.3 Å². The molecule has 30 heavy (non-hydrogen) atoms. The number of nitrogens with one attached hydrogen (secondary N) is 1. The number of carbonyl (C=O) groups is 2. The van der Waals surface area contributed by atoms with Crippen LogP contribution in [0.1, 0.15) is 33.1 Å². The van der Waals surface area contributed by atoms with Crippen molar-refractivity contribution in [2.45, 2.75) is 39.2 Å². The van der Waals surface area contributed by atoms with E-state index in [4.69, 9.17) is 4.74 Å². The van der Waals surface area contributed by atoms with Gasteiger partial charge in [-0.25, -0.2) is 4.79 Å². The Balaban J connectivity index is 2.06. The maximum absolute atomic E-state index is 12.7. The third kappa shape index (κ3) is 5.27. The molecule has 1 aliphatic heterocycles. The Kier molecular flexibility index (Phi) is 7.39. The number of amides is 1. The van der Waals surface area contributed by atoms with Gasteiger partial charge in [-0.05, 0) is 32.3 Å². The van der Waals surface area contributed by atoms with E-state index in [0.717, 1.165) is 18.6 Å². The number of likely N-dealkylation sites (tertiary alicyclic amines) is 1. The van der Waals surface area contributed by atoms with Gasteiger partial charge < -0.3 is 9.64 Å². The van der Waals surface area contributed by atoms with E-state index >= 15 is 0 Å². The fraction of sp³-hybridized carbons (Fsp3) is 0.500. The van der Waals surface area contributed by atoms with Crippen molar-refractivity contribution in [3.05, 3.63) is 38.4 Å². The van der Waals surface area contributed by atoms with E-state index in [0.29, 0.717) is 18.7 Å². The third-order valence-electron chi connectivity index (χ3n) is 4.79. The van der Waals surface area contributed by atoms with Crippen LogP contribution < -0.4 is 5.43 Å². The number of nitrogens with zero attached hydrogens (tertiary/aromatic N) is 4. The van der Waals surface area contributed by atoms with Crippen LogP contribution in [0, 0.1) is 26.1 Å². The minimum absolute atomic E-state index is 0.00534. The molecule has 0 spiro atoms. The molecule has 1 fully saturated rings. The molecular weight excluding hydrogens is 398 g/mol. The number of hydrogen-bond acceptors (Lipinski definition) is 9. The van der Waals surface area contributed by atoms with Crippen molar-refractivity contribution >= 4 is 34.7 Å². The van der Waals surface area contributed by atoms with E-state index in [9.17, 15) is 29.8 Å².